The lowest BCUT2D eigenvalue weighted by Gasteiger charge is -2.33. The van der Waals surface area contributed by atoms with E-state index in [9.17, 15) is 13.2 Å². The Balaban J connectivity index is 1.27. The van der Waals surface area contributed by atoms with Gasteiger partial charge in [0.1, 0.15) is 5.82 Å². The van der Waals surface area contributed by atoms with Crippen LogP contribution in [0.1, 0.15) is 29.8 Å². The molecule has 7 nitrogen and oxygen atoms in total. The van der Waals surface area contributed by atoms with Crippen molar-refractivity contribution < 1.29 is 8.42 Å². The number of fused-ring (bicyclic) bond motifs is 2. The van der Waals surface area contributed by atoms with E-state index in [0.29, 0.717) is 54.3 Å². The second kappa shape index (κ2) is 8.18. The molecule has 0 spiro atoms. The smallest absolute Gasteiger partial charge is 0.258 e. The normalized spacial score (nSPS) is 18.2. The highest BCUT2D eigenvalue weighted by molar-refractivity contribution is 7.89. The average molecular weight is 439 g/mol. The van der Waals surface area contributed by atoms with Gasteiger partial charge in [0.2, 0.25) is 10.0 Å². The number of H-pyrrole nitrogens is 1. The summed E-state index contributed by atoms with van der Waals surface area (Å²) in [5.74, 6) is 0.606. The molecule has 1 fully saturated rings. The van der Waals surface area contributed by atoms with Gasteiger partial charge in [0.05, 0.1) is 22.3 Å². The first-order chi connectivity index (χ1) is 15.0. The number of hydrogen-bond donors (Lipinski definition) is 1. The van der Waals surface area contributed by atoms with Crippen molar-refractivity contribution >= 4 is 20.9 Å². The Morgan fingerprint density at radius 1 is 0.935 bits per heavy atom. The van der Waals surface area contributed by atoms with Gasteiger partial charge in [0.15, 0.2) is 0 Å². The maximum atomic E-state index is 13.2. The van der Waals surface area contributed by atoms with Gasteiger partial charge in [-0.3, -0.25) is 9.69 Å². The summed E-state index contributed by atoms with van der Waals surface area (Å²) >= 11 is 0. The summed E-state index contributed by atoms with van der Waals surface area (Å²) in [5.41, 5.74) is 2.99. The minimum atomic E-state index is -3.49. The zero-order valence-corrected chi connectivity index (χ0v) is 18.2. The van der Waals surface area contributed by atoms with E-state index in [2.05, 4.69) is 14.9 Å². The molecule has 1 aliphatic heterocycles. The van der Waals surface area contributed by atoms with E-state index >= 15 is 0 Å². The number of sulfonamides is 1. The summed E-state index contributed by atoms with van der Waals surface area (Å²) in [6, 6.07) is 12.9. The fourth-order valence-corrected chi connectivity index (χ4v) is 6.04. The Morgan fingerprint density at radius 3 is 2.48 bits per heavy atom. The maximum absolute atomic E-state index is 13.2. The fourth-order valence-electron chi connectivity index (χ4n) is 4.57. The number of aromatic nitrogens is 2. The van der Waals surface area contributed by atoms with Gasteiger partial charge in [0.25, 0.3) is 5.56 Å². The van der Waals surface area contributed by atoms with Crippen molar-refractivity contribution in [2.24, 2.45) is 0 Å². The van der Waals surface area contributed by atoms with Crippen LogP contribution >= 0.6 is 0 Å². The van der Waals surface area contributed by atoms with Gasteiger partial charge in [0, 0.05) is 26.2 Å². The highest BCUT2D eigenvalue weighted by Crippen LogP contribution is 2.26. The molecular weight excluding hydrogens is 412 g/mol. The predicted octanol–water partition coefficient (Wildman–Crippen LogP) is 2.31. The van der Waals surface area contributed by atoms with E-state index < -0.39 is 10.0 Å². The summed E-state index contributed by atoms with van der Waals surface area (Å²) in [7, 11) is -3.49. The Morgan fingerprint density at radius 2 is 1.68 bits per heavy atom. The number of nitrogens with zero attached hydrogens (tertiary/aromatic N) is 3. The van der Waals surface area contributed by atoms with Crippen molar-refractivity contribution in [3.05, 3.63) is 69.8 Å². The number of aromatic amines is 1. The molecule has 1 saturated heterocycles. The molecule has 0 bridgehead atoms. The van der Waals surface area contributed by atoms with Gasteiger partial charge in [-0.1, -0.05) is 18.2 Å². The number of benzene rings is 2. The molecule has 0 unspecified atom stereocenters. The molecule has 2 heterocycles. The van der Waals surface area contributed by atoms with Crippen molar-refractivity contribution in [2.75, 3.05) is 26.2 Å². The number of hydrogen-bond acceptors (Lipinski definition) is 5. The molecule has 1 N–H and O–H groups in total. The zero-order chi connectivity index (χ0) is 21.4. The van der Waals surface area contributed by atoms with E-state index in [0.717, 1.165) is 19.3 Å². The molecule has 2 aliphatic rings. The molecule has 31 heavy (non-hydrogen) atoms. The van der Waals surface area contributed by atoms with Crippen LogP contribution in [0.3, 0.4) is 0 Å². The molecule has 3 aromatic rings. The Bertz CT molecular complexity index is 1280. The standard InChI is InChI=1S/C23H26N4O3S/c28-23-20-7-3-4-8-21(20)24-22(25-23)16-26-11-13-27(14-12-26)31(29,30)19-10-9-17-5-1-2-6-18(17)15-19/h3-4,7-10,15H,1-2,5-6,11-14,16H2,(H,24,25,28). The van der Waals surface area contributed by atoms with Crippen LogP contribution in [0.2, 0.25) is 0 Å². The van der Waals surface area contributed by atoms with Crippen molar-refractivity contribution in [1.29, 1.82) is 0 Å². The third-order valence-corrected chi connectivity index (χ3v) is 8.22. The minimum Gasteiger partial charge on any atom is -0.309 e. The van der Waals surface area contributed by atoms with Gasteiger partial charge in [-0.2, -0.15) is 4.31 Å². The van der Waals surface area contributed by atoms with Crippen LogP contribution in [0.25, 0.3) is 10.9 Å². The number of aryl methyl sites for hydroxylation is 2. The molecule has 0 atom stereocenters. The van der Waals surface area contributed by atoms with Crippen molar-refractivity contribution in [1.82, 2.24) is 19.2 Å². The van der Waals surface area contributed by atoms with Gasteiger partial charge < -0.3 is 4.98 Å². The quantitative estimate of drug-likeness (QED) is 0.676. The second-order valence-electron chi connectivity index (χ2n) is 8.35. The summed E-state index contributed by atoms with van der Waals surface area (Å²) in [6.45, 7) is 2.54. The highest BCUT2D eigenvalue weighted by atomic mass is 32.2. The molecular formula is C23H26N4O3S. The number of piperazine rings is 1. The lowest BCUT2D eigenvalue weighted by molar-refractivity contribution is 0.178. The van der Waals surface area contributed by atoms with Crippen LogP contribution in [0, 0.1) is 0 Å². The highest BCUT2D eigenvalue weighted by Gasteiger charge is 2.29. The summed E-state index contributed by atoms with van der Waals surface area (Å²) in [4.78, 5) is 22.2. The monoisotopic (exact) mass is 438 g/mol. The van der Waals surface area contributed by atoms with E-state index in [-0.39, 0.29) is 5.56 Å². The van der Waals surface area contributed by atoms with E-state index in [1.54, 1.807) is 16.4 Å². The van der Waals surface area contributed by atoms with Crippen LogP contribution in [-0.4, -0.2) is 53.8 Å². The minimum absolute atomic E-state index is 0.144. The summed E-state index contributed by atoms with van der Waals surface area (Å²) < 4.78 is 27.9. The SMILES string of the molecule is O=c1[nH]c(CN2CCN(S(=O)(=O)c3ccc4c(c3)CCCC4)CC2)nc2ccccc12. The van der Waals surface area contributed by atoms with Gasteiger partial charge in [-0.25, -0.2) is 13.4 Å². The average Bonchev–Trinajstić information content (AvgIpc) is 2.79. The third-order valence-electron chi connectivity index (χ3n) is 6.32. The van der Waals surface area contributed by atoms with Crippen LogP contribution in [0.4, 0.5) is 0 Å². The van der Waals surface area contributed by atoms with Gasteiger partial charge in [-0.05, 0) is 61.1 Å². The third kappa shape index (κ3) is 4.03. The summed E-state index contributed by atoms with van der Waals surface area (Å²) in [6.07, 6.45) is 4.31. The Labute approximate surface area is 181 Å². The lowest BCUT2D eigenvalue weighted by Crippen LogP contribution is -2.48. The topological polar surface area (TPSA) is 86.4 Å². The largest absolute Gasteiger partial charge is 0.309 e. The molecule has 1 aromatic heterocycles. The Kier molecular flexibility index (Phi) is 5.37. The molecule has 0 amide bonds. The van der Waals surface area contributed by atoms with Crippen LogP contribution in [-0.2, 0) is 29.4 Å². The first-order valence-corrected chi connectivity index (χ1v) is 12.3. The second-order valence-corrected chi connectivity index (χ2v) is 10.3. The van der Waals surface area contributed by atoms with E-state index in [4.69, 9.17) is 0 Å². The molecule has 8 heteroatoms. The van der Waals surface area contributed by atoms with Crippen molar-refractivity contribution in [3.63, 3.8) is 0 Å². The molecule has 1 aliphatic carbocycles. The van der Waals surface area contributed by atoms with Crippen LogP contribution in [0.15, 0.2) is 52.2 Å². The first kappa shape index (κ1) is 20.4. The first-order valence-electron chi connectivity index (χ1n) is 10.8. The van der Waals surface area contributed by atoms with Gasteiger partial charge in [-0.15, -0.1) is 0 Å². The van der Waals surface area contributed by atoms with Crippen LogP contribution in [0.5, 0.6) is 0 Å². The molecule has 2 aromatic carbocycles. The van der Waals surface area contributed by atoms with Crippen molar-refractivity contribution in [3.8, 4) is 0 Å². The van der Waals surface area contributed by atoms with E-state index in [1.807, 2.05) is 30.3 Å². The molecule has 162 valence electrons. The zero-order valence-electron chi connectivity index (χ0n) is 17.4. The maximum Gasteiger partial charge on any atom is 0.258 e. The number of rotatable bonds is 4. The molecule has 5 rings (SSSR count). The van der Waals surface area contributed by atoms with Crippen LogP contribution < -0.4 is 5.56 Å². The number of nitrogens with one attached hydrogen (secondary N) is 1. The van der Waals surface area contributed by atoms with Crippen molar-refractivity contribution in [2.45, 2.75) is 37.1 Å². The van der Waals surface area contributed by atoms with Gasteiger partial charge >= 0.3 is 0 Å². The Hall–Kier alpha value is -2.55. The van der Waals surface area contributed by atoms with E-state index in [1.165, 1.54) is 17.5 Å². The predicted molar refractivity (Wildman–Crippen MR) is 119 cm³/mol. The fraction of sp³-hybridized carbons (Fsp3) is 0.391. The number of para-hydroxylation sites is 1. The summed E-state index contributed by atoms with van der Waals surface area (Å²) in [5, 5.41) is 0.576. The lowest BCUT2D eigenvalue weighted by atomic mass is 9.92. The molecule has 0 radical (unpaired) electrons. The molecule has 0 saturated carbocycles.